The van der Waals surface area contributed by atoms with Crippen LogP contribution in [0, 0.1) is 6.92 Å². The molecule has 0 atom stereocenters. The number of aromatic hydroxyl groups is 1. The van der Waals surface area contributed by atoms with Crippen LogP contribution in [0.1, 0.15) is 27.9 Å². The predicted molar refractivity (Wildman–Crippen MR) is 252 cm³/mol. The van der Waals surface area contributed by atoms with E-state index in [4.69, 9.17) is 26.6 Å². The van der Waals surface area contributed by atoms with Gasteiger partial charge in [-0.15, -0.1) is 19.7 Å². The van der Waals surface area contributed by atoms with Crippen LogP contribution in [-0.2, 0) is 50.3 Å². The summed E-state index contributed by atoms with van der Waals surface area (Å²) in [6, 6.07) is 24.5. The number of nitrogen functional groups attached to an aromatic ring is 3. The topological polar surface area (TPSA) is 413 Å². The summed E-state index contributed by atoms with van der Waals surface area (Å²) in [5.41, 5.74) is 20.3. The van der Waals surface area contributed by atoms with Crippen molar-refractivity contribution in [2.24, 2.45) is 30.7 Å². The third kappa shape index (κ3) is 14.3. The largest absolute Gasteiger partial charge is 0.505 e. The van der Waals surface area contributed by atoms with Gasteiger partial charge < -0.3 is 27.6 Å². The molecule has 6 aromatic carbocycles. The number of amides is 1. The number of phenols is 1. The number of nitrogens with two attached hydrogens (primary N) is 3. The summed E-state index contributed by atoms with van der Waals surface area (Å²) in [5.74, 6) is -1.22. The Bertz CT molecular complexity index is 3310. The fourth-order valence-electron chi connectivity index (χ4n) is 6.01. The van der Waals surface area contributed by atoms with E-state index in [0.29, 0.717) is 70.4 Å². The summed E-state index contributed by atoms with van der Waals surface area (Å²) in [7, 11) is -14.1. The summed E-state index contributed by atoms with van der Waals surface area (Å²) >= 11 is 0.350. The minimum Gasteiger partial charge on any atom is -0.505 e. The van der Waals surface area contributed by atoms with E-state index in [1.54, 1.807) is 54.6 Å². The maximum absolute atomic E-state index is 12.2. The van der Waals surface area contributed by atoms with Crippen LogP contribution in [0.15, 0.2) is 142 Å². The standard InChI is InChI=1S/C20H21N5O14S4.C20H19N5O/c1-22-25-19-16(43(34,35)36)8-11-14(41(28,29)30)9-13(18(21)17(11)20(19)26)24-23-12-5-4-10(7-15(12)42(31,32)33)3-2-6-37-40-39-38-27;1-13-2-4-14(5-3-13)20(26)23-16-7-9-17(10-8-16)24-25-19-11-6-15(21)12-18(19)22/h4-5,7-9,26-27H,2-3,6,21H2,1H3,(H,28,29,30)(H,31,32,33)(H,34,35,36);2-12H,21-22H2,1H3,(H,23,26). The number of anilines is 4. The molecular weight excluding hydrogens is 989 g/mol. The Morgan fingerprint density at radius 3 is 1.94 bits per heavy atom. The van der Waals surface area contributed by atoms with Gasteiger partial charge in [0.05, 0.1) is 29.1 Å². The minimum atomic E-state index is -5.18. The van der Waals surface area contributed by atoms with Crippen LogP contribution < -0.4 is 22.5 Å². The third-order valence-corrected chi connectivity index (χ3v) is 12.2. The van der Waals surface area contributed by atoms with Crippen molar-refractivity contribution in [1.29, 1.82) is 0 Å². The van der Waals surface area contributed by atoms with Gasteiger partial charge in [0.2, 0.25) is 0 Å². The Hall–Kier alpha value is -7.03. The van der Waals surface area contributed by atoms with Crippen LogP contribution in [0.5, 0.6) is 5.75 Å². The highest BCUT2D eigenvalue weighted by molar-refractivity contribution is 7.89. The lowest BCUT2D eigenvalue weighted by Crippen LogP contribution is -2.11. The van der Waals surface area contributed by atoms with Gasteiger partial charge in [0.15, 0.2) is 18.1 Å². The van der Waals surface area contributed by atoms with E-state index in [-0.39, 0.29) is 18.9 Å². The zero-order chi connectivity index (χ0) is 50.7. The molecule has 0 saturated heterocycles. The molecule has 29 heteroatoms. The Labute approximate surface area is 397 Å². The van der Waals surface area contributed by atoms with Gasteiger partial charge in [0.25, 0.3) is 36.3 Å². The summed E-state index contributed by atoms with van der Waals surface area (Å²) in [5, 5.41) is 46.4. The van der Waals surface area contributed by atoms with Gasteiger partial charge in [-0.2, -0.15) is 40.6 Å². The molecule has 0 aliphatic heterocycles. The zero-order valence-corrected chi connectivity index (χ0v) is 39.0. The molecule has 0 aliphatic rings. The fraction of sp³-hybridized carbons (Fsp3) is 0.125. The van der Waals surface area contributed by atoms with Gasteiger partial charge in [-0.25, -0.2) is 5.26 Å². The second-order valence-corrected chi connectivity index (χ2v) is 18.7. The molecule has 25 nitrogen and oxygen atoms in total. The van der Waals surface area contributed by atoms with E-state index < -0.39 is 84.3 Å². The highest BCUT2D eigenvalue weighted by Gasteiger charge is 2.28. The van der Waals surface area contributed by atoms with E-state index in [9.17, 15) is 48.8 Å². The Balaban J connectivity index is 0.000000290. The summed E-state index contributed by atoms with van der Waals surface area (Å²) < 4.78 is 110. The van der Waals surface area contributed by atoms with Crippen LogP contribution in [0.4, 0.5) is 51.2 Å². The number of nitrogens with one attached hydrogen (secondary N) is 1. The van der Waals surface area contributed by atoms with Crippen LogP contribution in [0.2, 0.25) is 0 Å². The number of rotatable bonds is 17. The number of hydrogen-bond donors (Lipinski definition) is 9. The van der Waals surface area contributed by atoms with Crippen molar-refractivity contribution in [3.63, 3.8) is 0 Å². The Morgan fingerprint density at radius 2 is 1.33 bits per heavy atom. The van der Waals surface area contributed by atoms with E-state index in [1.807, 2.05) is 19.1 Å². The average Bonchev–Trinajstić information content (AvgIpc) is 3.28. The molecule has 0 heterocycles. The van der Waals surface area contributed by atoms with E-state index in [0.717, 1.165) is 24.7 Å². The van der Waals surface area contributed by atoms with Gasteiger partial charge in [-0.3, -0.25) is 22.6 Å². The molecule has 0 radical (unpaired) electrons. The number of phenolic OH excluding ortho intramolecular Hbond substituents is 1. The van der Waals surface area contributed by atoms with Gasteiger partial charge >= 0.3 is 0 Å². The highest BCUT2D eigenvalue weighted by Crippen LogP contribution is 2.48. The van der Waals surface area contributed by atoms with Crippen molar-refractivity contribution in [1.82, 2.24) is 0 Å². The molecule has 0 spiro atoms. The van der Waals surface area contributed by atoms with Crippen molar-refractivity contribution < 1.29 is 67.6 Å². The Morgan fingerprint density at radius 1 is 0.710 bits per heavy atom. The number of carbonyl (C=O) groups is 1. The maximum atomic E-state index is 12.2. The predicted octanol–water partition coefficient (Wildman–Crippen LogP) is 8.76. The molecule has 364 valence electrons. The highest BCUT2D eigenvalue weighted by atomic mass is 32.2. The number of nitrogens with zero attached hydrogens (tertiary/aromatic N) is 6. The van der Waals surface area contributed by atoms with E-state index in [2.05, 4.69) is 45.4 Å². The molecule has 6 rings (SSSR count). The molecule has 1 amide bonds. The fourth-order valence-corrected chi connectivity index (χ4v) is 8.28. The molecular formula is C40H40N10O15S4. The van der Waals surface area contributed by atoms with Crippen LogP contribution in [-0.4, -0.2) is 68.8 Å². The molecule has 0 fully saturated rings. The van der Waals surface area contributed by atoms with Gasteiger partial charge in [-0.05, 0) is 104 Å². The van der Waals surface area contributed by atoms with Crippen molar-refractivity contribution in [2.75, 3.05) is 36.2 Å². The normalized spacial score (nSPS) is 12.2. The van der Waals surface area contributed by atoms with E-state index in [1.165, 1.54) is 6.07 Å². The number of benzene rings is 6. The maximum Gasteiger partial charge on any atom is 0.296 e. The number of fused-ring (bicyclic) bond motifs is 1. The van der Waals surface area contributed by atoms with Gasteiger partial charge in [0.1, 0.15) is 37.4 Å². The first-order valence-electron chi connectivity index (χ1n) is 19.2. The van der Waals surface area contributed by atoms with Crippen molar-refractivity contribution in [3.05, 3.63) is 114 Å². The first kappa shape index (κ1) is 52.9. The first-order chi connectivity index (χ1) is 32.5. The van der Waals surface area contributed by atoms with Crippen molar-refractivity contribution in [3.8, 4) is 5.75 Å². The summed E-state index contributed by atoms with van der Waals surface area (Å²) in [6.45, 7) is 2.07. The molecule has 69 heavy (non-hydrogen) atoms. The van der Waals surface area contributed by atoms with E-state index >= 15 is 0 Å². The third-order valence-electron chi connectivity index (χ3n) is 9.20. The van der Waals surface area contributed by atoms with Crippen LogP contribution >= 0.6 is 12.3 Å². The lowest BCUT2D eigenvalue weighted by atomic mass is 10.0. The second kappa shape index (κ2) is 22.8. The molecule has 12 N–H and O–H groups in total. The number of carbonyl (C=O) groups excluding carboxylic acids is 1. The number of azo groups is 3. The lowest BCUT2D eigenvalue weighted by molar-refractivity contribution is -0.434. The first-order valence-corrected chi connectivity index (χ1v) is 24.2. The summed E-state index contributed by atoms with van der Waals surface area (Å²) in [6.07, 6.45) is 0.583. The van der Waals surface area contributed by atoms with Crippen molar-refractivity contribution in [2.45, 2.75) is 34.5 Å². The lowest BCUT2D eigenvalue weighted by Gasteiger charge is -2.14. The van der Waals surface area contributed by atoms with Crippen molar-refractivity contribution >= 4 is 111 Å². The molecule has 0 bridgehead atoms. The zero-order valence-electron chi connectivity index (χ0n) is 35.7. The quantitative estimate of drug-likeness (QED) is 0.00783. The summed E-state index contributed by atoms with van der Waals surface area (Å²) in [4.78, 5) is 9.44. The molecule has 0 aliphatic carbocycles. The minimum absolute atomic E-state index is 0.0912. The average molecular weight is 1030 g/mol. The smallest absolute Gasteiger partial charge is 0.296 e. The van der Waals surface area contributed by atoms with Gasteiger partial charge in [0, 0.05) is 29.4 Å². The molecule has 0 aromatic heterocycles. The number of aryl methyl sites for hydroxylation is 2. The van der Waals surface area contributed by atoms with Gasteiger partial charge in [-0.1, -0.05) is 28.8 Å². The number of hydrogen-bond acceptors (Lipinski definition) is 22. The molecule has 0 unspecified atom stereocenters. The van der Waals surface area contributed by atoms with Crippen LogP contribution in [0.25, 0.3) is 10.8 Å². The monoisotopic (exact) mass is 1030 g/mol. The molecule has 0 saturated carbocycles. The SMILES string of the molecule is CN=Nc1c(S(=O)(=O)O)cc2c(S(=O)(=O)O)cc(N=Nc3ccc(CCCOSOOO)cc3S(=O)(=O)O)c(N)c2c1O.Cc1ccc(C(=O)Nc2ccc(N=Nc3ccc(N)cc3N)cc2)cc1. The second-order valence-electron chi connectivity index (χ2n) is 14.1. The van der Waals surface area contributed by atoms with Crippen LogP contribution in [0.3, 0.4) is 0 Å². The molecule has 6 aromatic rings. The Kier molecular flexibility index (Phi) is 17.5.